The molecule has 0 saturated heterocycles. The highest BCUT2D eigenvalue weighted by molar-refractivity contribution is 5.87. The van der Waals surface area contributed by atoms with Crippen LogP contribution < -0.4 is 5.32 Å². The Balaban J connectivity index is 1.51. The molecule has 4 rings (SSSR count). The van der Waals surface area contributed by atoms with E-state index in [4.69, 9.17) is 4.74 Å². The fourth-order valence-electron chi connectivity index (χ4n) is 9.05. The lowest BCUT2D eigenvalue weighted by atomic mass is 9.43. The number of carbonyl (C=O) groups excluding carboxylic acids is 2. The van der Waals surface area contributed by atoms with Crippen molar-refractivity contribution in [3.05, 3.63) is 12.3 Å². The third-order valence-corrected chi connectivity index (χ3v) is 10.8. The van der Waals surface area contributed by atoms with Crippen molar-refractivity contribution < 1.29 is 24.5 Å². The van der Waals surface area contributed by atoms with Crippen LogP contribution in [0, 0.1) is 46.3 Å². The summed E-state index contributed by atoms with van der Waals surface area (Å²) in [7, 11) is 0. The summed E-state index contributed by atoms with van der Waals surface area (Å²) in [5, 5.41) is 23.7. The van der Waals surface area contributed by atoms with Gasteiger partial charge in [0.1, 0.15) is 12.2 Å². The lowest BCUT2D eigenvalue weighted by Gasteiger charge is -2.61. The first kappa shape index (κ1) is 26.5. The minimum absolute atomic E-state index is 0.0101. The quantitative estimate of drug-likeness (QED) is 0.411. The van der Waals surface area contributed by atoms with Crippen LogP contribution in [-0.4, -0.2) is 40.3 Å². The van der Waals surface area contributed by atoms with Gasteiger partial charge in [0.05, 0.1) is 5.76 Å². The van der Waals surface area contributed by atoms with Gasteiger partial charge in [-0.25, -0.2) is 4.79 Å². The van der Waals surface area contributed by atoms with Crippen molar-refractivity contribution in [3.63, 3.8) is 0 Å². The van der Waals surface area contributed by atoms with E-state index in [9.17, 15) is 19.8 Å². The van der Waals surface area contributed by atoms with E-state index in [1.54, 1.807) is 0 Å². The molecule has 0 aromatic heterocycles. The molecule has 0 bridgehead atoms. The average molecular weight is 490 g/mol. The maximum Gasteiger partial charge on any atom is 0.407 e. The number of ketones is 1. The normalized spacial score (nSPS) is 43.6. The number of amides is 1. The molecule has 6 heteroatoms. The second kappa shape index (κ2) is 9.72. The number of hydrogen-bond acceptors (Lipinski definition) is 5. The topological polar surface area (TPSA) is 95.9 Å². The minimum Gasteiger partial charge on any atom is -0.513 e. The molecule has 4 fully saturated rings. The van der Waals surface area contributed by atoms with Crippen LogP contribution in [0.25, 0.3) is 0 Å². The fraction of sp³-hybridized carbons (Fsp3) is 0.862. The molecule has 0 radical (unpaired) electrons. The number of alkyl carbamates (subject to hydrolysis) is 1. The van der Waals surface area contributed by atoms with Crippen LogP contribution in [0.15, 0.2) is 12.3 Å². The van der Waals surface area contributed by atoms with Gasteiger partial charge in [0, 0.05) is 24.3 Å². The largest absolute Gasteiger partial charge is 0.513 e. The highest BCUT2D eigenvalue weighted by Gasteiger charge is 2.65. The Morgan fingerprint density at radius 1 is 1.09 bits per heavy atom. The summed E-state index contributed by atoms with van der Waals surface area (Å²) in [4.78, 5) is 26.0. The number of aliphatic hydroxyl groups excluding tert-OH is 2. The number of carbonyl (C=O) groups is 2. The van der Waals surface area contributed by atoms with E-state index in [0.717, 1.165) is 44.9 Å². The first-order valence-corrected chi connectivity index (χ1v) is 13.9. The summed E-state index contributed by atoms with van der Waals surface area (Å²) in [5.74, 6) is 1.68. The molecule has 10 atom stereocenters. The lowest BCUT2D eigenvalue weighted by molar-refractivity contribution is -0.184. The maximum atomic E-state index is 13.8. The Bertz CT molecular complexity index is 841. The van der Waals surface area contributed by atoms with Crippen molar-refractivity contribution in [1.82, 2.24) is 5.32 Å². The molecular weight excluding hydrogens is 442 g/mol. The molecule has 6 nitrogen and oxygen atoms in total. The van der Waals surface area contributed by atoms with Gasteiger partial charge < -0.3 is 20.3 Å². The molecule has 35 heavy (non-hydrogen) atoms. The van der Waals surface area contributed by atoms with Gasteiger partial charge in [-0.1, -0.05) is 27.4 Å². The molecule has 198 valence electrons. The third-order valence-electron chi connectivity index (χ3n) is 10.8. The Morgan fingerprint density at radius 2 is 1.74 bits per heavy atom. The summed E-state index contributed by atoms with van der Waals surface area (Å²) >= 11 is 0. The predicted octanol–water partition coefficient (Wildman–Crippen LogP) is 5.79. The number of rotatable bonds is 6. The lowest BCUT2D eigenvalue weighted by Crippen LogP contribution is -2.62. The molecule has 4 aliphatic rings. The molecular formula is C29H47NO5. The van der Waals surface area contributed by atoms with Crippen molar-refractivity contribution >= 4 is 11.9 Å². The summed E-state index contributed by atoms with van der Waals surface area (Å²) in [5.41, 5.74) is -0.00274. The Hall–Kier alpha value is -1.56. The second-order valence-corrected chi connectivity index (χ2v) is 13.1. The van der Waals surface area contributed by atoms with Gasteiger partial charge in [-0.05, 0) is 99.7 Å². The number of Topliss-reactive ketones (excluding diaryl/α,β-unsaturated/α-hetero) is 1. The van der Waals surface area contributed by atoms with Gasteiger partial charge in [-0.15, -0.1) is 0 Å². The van der Waals surface area contributed by atoms with Gasteiger partial charge in [0.25, 0.3) is 0 Å². The van der Waals surface area contributed by atoms with Crippen molar-refractivity contribution in [2.75, 3.05) is 0 Å². The van der Waals surface area contributed by atoms with Crippen molar-refractivity contribution in [2.24, 2.45) is 46.3 Å². The smallest absolute Gasteiger partial charge is 0.407 e. The van der Waals surface area contributed by atoms with E-state index in [1.165, 1.54) is 0 Å². The number of ether oxygens (including phenoxy) is 1. The van der Waals surface area contributed by atoms with Crippen molar-refractivity contribution in [2.45, 2.75) is 111 Å². The molecule has 0 spiro atoms. The Kier molecular flexibility index (Phi) is 7.36. The number of allylic oxidation sites excluding steroid dienone is 1. The van der Waals surface area contributed by atoms with E-state index >= 15 is 0 Å². The first-order chi connectivity index (χ1) is 16.4. The third kappa shape index (κ3) is 4.65. The first-order valence-electron chi connectivity index (χ1n) is 13.9. The summed E-state index contributed by atoms with van der Waals surface area (Å²) in [6.07, 6.45) is 6.47. The van der Waals surface area contributed by atoms with Crippen LogP contribution in [0.1, 0.15) is 92.4 Å². The van der Waals surface area contributed by atoms with Crippen LogP contribution in [0.4, 0.5) is 4.79 Å². The number of fused-ring (bicyclic) bond motifs is 5. The van der Waals surface area contributed by atoms with Gasteiger partial charge in [-0.3, -0.25) is 4.79 Å². The number of hydrogen-bond donors (Lipinski definition) is 3. The maximum absolute atomic E-state index is 13.8. The Labute approximate surface area is 211 Å². The van der Waals surface area contributed by atoms with E-state index in [2.05, 4.69) is 32.7 Å². The van der Waals surface area contributed by atoms with Gasteiger partial charge >= 0.3 is 6.09 Å². The van der Waals surface area contributed by atoms with Gasteiger partial charge in [0.15, 0.2) is 5.78 Å². The molecule has 0 aromatic carbocycles. The van der Waals surface area contributed by atoms with Crippen LogP contribution >= 0.6 is 0 Å². The van der Waals surface area contributed by atoms with Gasteiger partial charge in [0.2, 0.25) is 0 Å². The zero-order chi connectivity index (χ0) is 25.7. The highest BCUT2D eigenvalue weighted by atomic mass is 16.6. The van der Waals surface area contributed by atoms with Crippen LogP contribution in [0.5, 0.6) is 0 Å². The molecule has 4 saturated carbocycles. The van der Waals surface area contributed by atoms with E-state index in [1.807, 2.05) is 13.8 Å². The monoisotopic (exact) mass is 489 g/mol. The van der Waals surface area contributed by atoms with Crippen molar-refractivity contribution in [3.8, 4) is 0 Å². The van der Waals surface area contributed by atoms with Crippen LogP contribution in [0.3, 0.4) is 0 Å². The highest BCUT2D eigenvalue weighted by Crippen LogP contribution is 2.67. The fourth-order valence-corrected chi connectivity index (χ4v) is 9.05. The number of aliphatic hydroxyl groups is 2. The summed E-state index contributed by atoms with van der Waals surface area (Å²) in [6, 6.07) is 0.0101. The summed E-state index contributed by atoms with van der Waals surface area (Å²) in [6.45, 7) is 14.4. The molecule has 0 aliphatic heterocycles. The second-order valence-electron chi connectivity index (χ2n) is 13.1. The van der Waals surface area contributed by atoms with Gasteiger partial charge in [-0.2, -0.15) is 0 Å². The molecule has 0 aromatic rings. The van der Waals surface area contributed by atoms with Crippen molar-refractivity contribution in [1.29, 1.82) is 0 Å². The Morgan fingerprint density at radius 3 is 2.40 bits per heavy atom. The summed E-state index contributed by atoms with van der Waals surface area (Å²) < 4.78 is 5.68. The number of nitrogens with one attached hydrogen (secondary N) is 1. The molecule has 4 aliphatic carbocycles. The predicted molar refractivity (Wildman–Crippen MR) is 136 cm³/mol. The van der Waals surface area contributed by atoms with Crippen LogP contribution in [0.2, 0.25) is 0 Å². The molecule has 0 unspecified atom stereocenters. The average Bonchev–Trinajstić information content (AvgIpc) is 3.13. The minimum atomic E-state index is -0.975. The molecule has 1 amide bonds. The zero-order valence-corrected chi connectivity index (χ0v) is 22.4. The zero-order valence-electron chi connectivity index (χ0n) is 22.4. The SMILES string of the molecule is C=C(O)CC[C@@H](C)[C@H]1CC[C@H]2[C@@H]3C(=O)[C@H](O)[C@@H]4C[C@H](OC(=O)NC(C)C)CC[C@]4(C)[C@H]3CC[C@]12C. The van der Waals surface area contributed by atoms with E-state index < -0.39 is 12.2 Å². The van der Waals surface area contributed by atoms with Crippen LogP contribution in [-0.2, 0) is 9.53 Å². The standard InChI is InChI=1S/C29H47NO5/c1-16(2)30-27(34)35-19-11-13-29(6)22-12-14-28(5)20(17(3)7-8-18(4)31)9-10-21(28)24(22)26(33)25(32)23(29)15-19/h16-17,19-25,31-32H,4,7-15H2,1-3,5-6H3,(H,30,34)/t17-,19-,20-,21+,22+,23+,24+,25-,28-,29-/m1/s1. The van der Waals surface area contributed by atoms with E-state index in [0.29, 0.717) is 30.6 Å². The molecule has 3 N–H and O–H groups in total. The van der Waals surface area contributed by atoms with E-state index in [-0.39, 0.29) is 52.3 Å². The molecule has 0 heterocycles.